The van der Waals surface area contributed by atoms with Gasteiger partial charge in [0.1, 0.15) is 0 Å². The first kappa shape index (κ1) is 9.98. The van der Waals surface area contributed by atoms with Crippen molar-refractivity contribution in [2.24, 2.45) is 0 Å². The normalized spacial score (nSPS) is 21.8. The van der Waals surface area contributed by atoms with Crippen LogP contribution in [0.3, 0.4) is 0 Å². The standard InChI is InChI=1S/C11H15N3O/c1-8-7-14(11(15)6-13-8)10-4-2-3-9(12)5-10/h2-5,8,13H,6-7,12H2,1H3/t8-/m1/s1. The molecule has 1 heterocycles. The summed E-state index contributed by atoms with van der Waals surface area (Å²) in [4.78, 5) is 13.4. The van der Waals surface area contributed by atoms with E-state index in [1.54, 1.807) is 4.90 Å². The molecule has 0 aliphatic carbocycles. The molecular formula is C11H15N3O. The summed E-state index contributed by atoms with van der Waals surface area (Å²) < 4.78 is 0. The molecule has 0 unspecified atom stereocenters. The zero-order chi connectivity index (χ0) is 10.8. The third-order valence-corrected chi connectivity index (χ3v) is 2.54. The lowest BCUT2D eigenvalue weighted by atomic mass is 10.2. The molecule has 0 bridgehead atoms. The number of benzene rings is 1. The van der Waals surface area contributed by atoms with E-state index in [1.165, 1.54) is 0 Å². The summed E-state index contributed by atoms with van der Waals surface area (Å²) in [5.74, 6) is 0.0960. The van der Waals surface area contributed by atoms with Gasteiger partial charge in [-0.2, -0.15) is 0 Å². The molecule has 1 saturated heterocycles. The van der Waals surface area contributed by atoms with E-state index in [4.69, 9.17) is 5.73 Å². The number of amides is 1. The molecule has 1 atom stereocenters. The van der Waals surface area contributed by atoms with E-state index in [-0.39, 0.29) is 5.91 Å². The molecule has 80 valence electrons. The molecule has 0 aromatic heterocycles. The molecule has 1 aromatic rings. The first-order valence-electron chi connectivity index (χ1n) is 5.06. The Morgan fingerprint density at radius 2 is 2.33 bits per heavy atom. The van der Waals surface area contributed by atoms with Gasteiger partial charge in [0.2, 0.25) is 5.91 Å². The summed E-state index contributed by atoms with van der Waals surface area (Å²) in [5.41, 5.74) is 7.26. The second kappa shape index (κ2) is 3.90. The molecule has 1 aliphatic heterocycles. The summed E-state index contributed by atoms with van der Waals surface area (Å²) in [6.45, 7) is 3.16. The average Bonchev–Trinajstić information content (AvgIpc) is 2.22. The average molecular weight is 205 g/mol. The quantitative estimate of drug-likeness (QED) is 0.660. The van der Waals surface area contributed by atoms with Crippen LogP contribution in [0.1, 0.15) is 6.92 Å². The molecule has 0 radical (unpaired) electrons. The van der Waals surface area contributed by atoms with Crippen LogP contribution in [0.25, 0.3) is 0 Å². The summed E-state index contributed by atoms with van der Waals surface area (Å²) in [6.07, 6.45) is 0. The number of nitrogens with zero attached hydrogens (tertiary/aromatic N) is 1. The fraction of sp³-hybridized carbons (Fsp3) is 0.364. The van der Waals surface area contributed by atoms with Crippen molar-refractivity contribution in [3.05, 3.63) is 24.3 Å². The van der Waals surface area contributed by atoms with Crippen molar-refractivity contribution in [1.82, 2.24) is 5.32 Å². The van der Waals surface area contributed by atoms with Crippen LogP contribution in [-0.2, 0) is 4.79 Å². The molecule has 0 saturated carbocycles. The Kier molecular flexibility index (Phi) is 2.60. The summed E-state index contributed by atoms with van der Waals surface area (Å²) in [7, 11) is 0. The Hall–Kier alpha value is -1.55. The second-order valence-corrected chi connectivity index (χ2v) is 3.88. The first-order valence-corrected chi connectivity index (χ1v) is 5.06. The van der Waals surface area contributed by atoms with Crippen molar-refractivity contribution < 1.29 is 4.79 Å². The van der Waals surface area contributed by atoms with Crippen molar-refractivity contribution in [3.63, 3.8) is 0 Å². The number of nitrogen functional groups attached to an aromatic ring is 1. The fourth-order valence-corrected chi connectivity index (χ4v) is 1.74. The van der Waals surface area contributed by atoms with Crippen LogP contribution in [0.2, 0.25) is 0 Å². The summed E-state index contributed by atoms with van der Waals surface area (Å²) in [6, 6.07) is 7.75. The highest BCUT2D eigenvalue weighted by molar-refractivity contribution is 5.96. The van der Waals surface area contributed by atoms with Gasteiger partial charge in [-0.3, -0.25) is 4.79 Å². The molecule has 1 amide bonds. The van der Waals surface area contributed by atoms with Crippen molar-refractivity contribution >= 4 is 17.3 Å². The third-order valence-electron chi connectivity index (χ3n) is 2.54. The molecule has 0 spiro atoms. The maximum absolute atomic E-state index is 11.7. The minimum absolute atomic E-state index is 0.0960. The van der Waals surface area contributed by atoms with E-state index >= 15 is 0 Å². The Bertz CT molecular complexity index is 378. The van der Waals surface area contributed by atoms with E-state index < -0.39 is 0 Å². The van der Waals surface area contributed by atoms with Gasteiger partial charge in [0, 0.05) is 24.0 Å². The number of anilines is 2. The van der Waals surface area contributed by atoms with Crippen LogP contribution in [0.4, 0.5) is 11.4 Å². The van der Waals surface area contributed by atoms with Crippen LogP contribution < -0.4 is 16.0 Å². The van der Waals surface area contributed by atoms with Gasteiger partial charge in [-0.05, 0) is 25.1 Å². The van der Waals surface area contributed by atoms with E-state index in [9.17, 15) is 4.79 Å². The van der Waals surface area contributed by atoms with Gasteiger partial charge in [-0.15, -0.1) is 0 Å². The summed E-state index contributed by atoms with van der Waals surface area (Å²) in [5, 5.41) is 3.12. The Balaban J connectivity index is 2.25. The second-order valence-electron chi connectivity index (χ2n) is 3.88. The minimum atomic E-state index is 0.0960. The molecule has 15 heavy (non-hydrogen) atoms. The summed E-state index contributed by atoms with van der Waals surface area (Å²) >= 11 is 0. The number of hydrogen-bond acceptors (Lipinski definition) is 3. The van der Waals surface area contributed by atoms with Crippen LogP contribution in [0, 0.1) is 0 Å². The molecule has 4 nitrogen and oxygen atoms in total. The van der Waals surface area contributed by atoms with Crippen LogP contribution in [0.5, 0.6) is 0 Å². The largest absolute Gasteiger partial charge is 0.399 e. The maximum Gasteiger partial charge on any atom is 0.240 e. The highest BCUT2D eigenvalue weighted by atomic mass is 16.2. The van der Waals surface area contributed by atoms with Gasteiger partial charge < -0.3 is 16.0 Å². The van der Waals surface area contributed by atoms with Crippen molar-refractivity contribution in [1.29, 1.82) is 0 Å². The van der Waals surface area contributed by atoms with E-state index in [2.05, 4.69) is 12.2 Å². The van der Waals surface area contributed by atoms with Crippen LogP contribution in [-0.4, -0.2) is 25.0 Å². The number of nitrogens with one attached hydrogen (secondary N) is 1. The SMILES string of the molecule is C[C@@H]1CN(c2cccc(N)c2)C(=O)CN1. The minimum Gasteiger partial charge on any atom is -0.399 e. The van der Waals surface area contributed by atoms with Gasteiger partial charge in [0.05, 0.1) is 6.54 Å². The Morgan fingerprint density at radius 3 is 3.07 bits per heavy atom. The lowest BCUT2D eigenvalue weighted by Gasteiger charge is -2.31. The van der Waals surface area contributed by atoms with Gasteiger partial charge >= 0.3 is 0 Å². The lowest BCUT2D eigenvalue weighted by Crippen LogP contribution is -2.53. The molecule has 2 rings (SSSR count). The Labute approximate surface area is 89.1 Å². The van der Waals surface area contributed by atoms with Crippen molar-refractivity contribution in [2.45, 2.75) is 13.0 Å². The van der Waals surface area contributed by atoms with Gasteiger partial charge in [-0.1, -0.05) is 6.07 Å². The molecular weight excluding hydrogens is 190 g/mol. The zero-order valence-corrected chi connectivity index (χ0v) is 8.73. The first-order chi connectivity index (χ1) is 7.16. The van der Waals surface area contributed by atoms with Crippen LogP contribution in [0.15, 0.2) is 24.3 Å². The van der Waals surface area contributed by atoms with Gasteiger partial charge in [0.15, 0.2) is 0 Å². The molecule has 1 fully saturated rings. The monoisotopic (exact) mass is 205 g/mol. The van der Waals surface area contributed by atoms with Gasteiger partial charge in [0.25, 0.3) is 0 Å². The fourth-order valence-electron chi connectivity index (χ4n) is 1.74. The molecule has 3 N–H and O–H groups in total. The lowest BCUT2D eigenvalue weighted by molar-refractivity contribution is -0.118. The number of rotatable bonds is 1. The van der Waals surface area contributed by atoms with Gasteiger partial charge in [-0.25, -0.2) is 0 Å². The topological polar surface area (TPSA) is 58.4 Å². The highest BCUT2D eigenvalue weighted by Gasteiger charge is 2.23. The molecule has 1 aliphatic rings. The van der Waals surface area contributed by atoms with Crippen molar-refractivity contribution in [3.8, 4) is 0 Å². The zero-order valence-electron chi connectivity index (χ0n) is 8.73. The predicted octanol–water partition coefficient (Wildman–Crippen LogP) is 0.594. The number of hydrogen-bond donors (Lipinski definition) is 2. The van der Waals surface area contributed by atoms with E-state index in [0.29, 0.717) is 24.8 Å². The number of nitrogens with two attached hydrogens (primary N) is 1. The molecule has 1 aromatic carbocycles. The van der Waals surface area contributed by atoms with Crippen LogP contribution >= 0.6 is 0 Å². The third kappa shape index (κ3) is 2.10. The van der Waals surface area contributed by atoms with E-state index in [0.717, 1.165) is 5.69 Å². The van der Waals surface area contributed by atoms with E-state index in [1.807, 2.05) is 24.3 Å². The predicted molar refractivity (Wildman–Crippen MR) is 60.7 cm³/mol. The number of carbonyl (C=O) groups is 1. The Morgan fingerprint density at radius 1 is 1.53 bits per heavy atom. The highest BCUT2D eigenvalue weighted by Crippen LogP contribution is 2.19. The maximum atomic E-state index is 11.7. The number of carbonyl (C=O) groups excluding carboxylic acids is 1. The number of piperazine rings is 1. The smallest absolute Gasteiger partial charge is 0.240 e. The molecule has 4 heteroatoms. The van der Waals surface area contributed by atoms with Crippen molar-refractivity contribution in [2.75, 3.05) is 23.7 Å².